The second-order valence-corrected chi connectivity index (χ2v) is 11.2. The Kier molecular flexibility index (Phi) is 10.3. The number of nitrogens with one attached hydrogen (secondary N) is 2. The van der Waals surface area contributed by atoms with Crippen LogP contribution in [0.4, 0.5) is 18.0 Å². The number of nitrogens with zero attached hydrogens (tertiary/aromatic N) is 3. The average molecular weight is 602 g/mol. The first kappa shape index (κ1) is 31.0. The SMILES string of the molecule is O=C(NCC(O)CO)N(C[C@@H]1CNC[C@@H]1F)[C@@H](c1nc(-c2cc(F)ccc2F)cn1Cc1ccccc1)C1CCOCC1. The molecule has 3 heterocycles. The number of alkyl halides is 1. The first-order valence-corrected chi connectivity index (χ1v) is 14.7. The number of amides is 2. The van der Waals surface area contributed by atoms with Gasteiger partial charge in [-0.1, -0.05) is 30.3 Å². The number of carbonyl (C=O) groups is 1. The van der Waals surface area contributed by atoms with E-state index >= 15 is 0 Å². The molecule has 0 radical (unpaired) electrons. The van der Waals surface area contributed by atoms with Crippen molar-refractivity contribution >= 4 is 6.03 Å². The number of imidazole rings is 1. The van der Waals surface area contributed by atoms with Crippen LogP contribution in [0, 0.1) is 23.5 Å². The molecule has 2 aromatic carbocycles. The Morgan fingerprint density at radius 3 is 2.63 bits per heavy atom. The largest absolute Gasteiger partial charge is 0.394 e. The fourth-order valence-electron chi connectivity index (χ4n) is 5.86. The van der Waals surface area contributed by atoms with Gasteiger partial charge < -0.3 is 35.1 Å². The number of benzene rings is 2. The number of urea groups is 1. The number of aliphatic hydroxyl groups excluding tert-OH is 2. The molecule has 3 aromatic rings. The van der Waals surface area contributed by atoms with Crippen molar-refractivity contribution in [1.82, 2.24) is 25.1 Å². The normalized spacial score (nSPS) is 20.6. The fourth-order valence-corrected chi connectivity index (χ4v) is 5.86. The van der Waals surface area contributed by atoms with Crippen molar-refractivity contribution in [3.05, 3.63) is 77.8 Å². The summed E-state index contributed by atoms with van der Waals surface area (Å²) in [6.07, 6.45) is 0.508. The van der Waals surface area contributed by atoms with Crippen LogP contribution in [0.15, 0.2) is 54.7 Å². The van der Waals surface area contributed by atoms with E-state index in [1.165, 1.54) is 0 Å². The summed E-state index contributed by atoms with van der Waals surface area (Å²) in [6.45, 7) is 1.14. The highest BCUT2D eigenvalue weighted by atomic mass is 19.1. The van der Waals surface area contributed by atoms with Crippen LogP contribution >= 0.6 is 0 Å². The number of ether oxygens (including phenoxy) is 1. The first-order valence-electron chi connectivity index (χ1n) is 14.7. The smallest absolute Gasteiger partial charge is 0.318 e. The lowest BCUT2D eigenvalue weighted by Gasteiger charge is -2.40. The van der Waals surface area contributed by atoms with E-state index in [0.717, 1.165) is 23.8 Å². The molecule has 1 aromatic heterocycles. The Morgan fingerprint density at radius 2 is 1.93 bits per heavy atom. The second kappa shape index (κ2) is 14.3. The van der Waals surface area contributed by atoms with E-state index in [-0.39, 0.29) is 36.8 Å². The van der Waals surface area contributed by atoms with Crippen molar-refractivity contribution in [1.29, 1.82) is 0 Å². The molecule has 2 aliphatic heterocycles. The highest BCUT2D eigenvalue weighted by molar-refractivity contribution is 5.75. The summed E-state index contributed by atoms with van der Waals surface area (Å²) in [7, 11) is 0. The van der Waals surface area contributed by atoms with Gasteiger partial charge in [0.2, 0.25) is 0 Å². The van der Waals surface area contributed by atoms with Gasteiger partial charge in [0, 0.05) is 63.6 Å². The maximum absolute atomic E-state index is 15.0. The van der Waals surface area contributed by atoms with Crippen LogP contribution < -0.4 is 10.6 Å². The Labute approximate surface area is 248 Å². The molecule has 4 atom stereocenters. The van der Waals surface area contributed by atoms with Gasteiger partial charge in [-0.2, -0.15) is 0 Å². The third kappa shape index (κ3) is 7.56. The molecule has 0 aliphatic carbocycles. The second-order valence-electron chi connectivity index (χ2n) is 11.2. The molecule has 2 amide bonds. The maximum atomic E-state index is 15.0. The summed E-state index contributed by atoms with van der Waals surface area (Å²) in [5.74, 6) is -1.42. The Morgan fingerprint density at radius 1 is 1.16 bits per heavy atom. The maximum Gasteiger partial charge on any atom is 0.318 e. The number of hydrogen-bond donors (Lipinski definition) is 4. The predicted octanol–water partition coefficient (Wildman–Crippen LogP) is 3.27. The molecule has 9 nitrogen and oxygen atoms in total. The molecule has 2 aliphatic rings. The zero-order valence-electron chi connectivity index (χ0n) is 23.8. The molecule has 2 fully saturated rings. The number of aromatic nitrogens is 2. The number of carbonyl (C=O) groups excluding carboxylic acids is 1. The number of hydrogen-bond acceptors (Lipinski definition) is 6. The molecule has 0 saturated carbocycles. The number of halogens is 3. The van der Waals surface area contributed by atoms with Gasteiger partial charge in [-0.25, -0.2) is 22.9 Å². The Bertz CT molecular complexity index is 1350. The van der Waals surface area contributed by atoms with Crippen LogP contribution in [-0.2, 0) is 11.3 Å². The van der Waals surface area contributed by atoms with Gasteiger partial charge in [0.25, 0.3) is 0 Å². The number of aliphatic hydroxyl groups is 2. The zero-order valence-corrected chi connectivity index (χ0v) is 23.8. The molecule has 12 heteroatoms. The minimum Gasteiger partial charge on any atom is -0.394 e. The van der Waals surface area contributed by atoms with Crippen molar-refractivity contribution in [2.75, 3.05) is 46.0 Å². The molecule has 5 rings (SSSR count). The standard InChI is InChI=1S/C31H38F3N5O4/c32-23-6-7-26(33)25(12-23)28-18-38(16-20-4-2-1-3-5-20)30(37-28)29(21-8-10-43-11-9-21)39(17-22-13-35-15-27(22)34)31(42)36-14-24(41)19-40/h1-7,12,18,21-22,24,27,29,35,40-41H,8-11,13-17,19H2,(H,36,42)/t22-,24?,27-,29+/m0/s1. The van der Waals surface area contributed by atoms with E-state index in [2.05, 4.69) is 10.6 Å². The third-order valence-electron chi connectivity index (χ3n) is 8.17. The first-order chi connectivity index (χ1) is 20.8. The summed E-state index contributed by atoms with van der Waals surface area (Å²) in [5, 5.41) is 25.0. The lowest BCUT2D eigenvalue weighted by molar-refractivity contribution is 0.0249. The molecular formula is C31H38F3N5O4. The lowest BCUT2D eigenvalue weighted by Crippen LogP contribution is -2.50. The van der Waals surface area contributed by atoms with E-state index in [4.69, 9.17) is 9.72 Å². The average Bonchev–Trinajstić information content (AvgIpc) is 3.63. The molecule has 0 bridgehead atoms. The van der Waals surface area contributed by atoms with E-state index in [1.807, 2.05) is 34.9 Å². The Hall–Kier alpha value is -3.45. The predicted molar refractivity (Wildman–Crippen MR) is 154 cm³/mol. The molecule has 0 spiro atoms. The summed E-state index contributed by atoms with van der Waals surface area (Å²) in [4.78, 5) is 20.3. The van der Waals surface area contributed by atoms with Gasteiger partial charge in [0.15, 0.2) is 0 Å². The quantitative estimate of drug-likeness (QED) is 0.269. The summed E-state index contributed by atoms with van der Waals surface area (Å²) in [6, 6.07) is 11.5. The Balaban J connectivity index is 1.62. The lowest BCUT2D eigenvalue weighted by atomic mass is 9.89. The number of rotatable bonds is 11. The van der Waals surface area contributed by atoms with Crippen molar-refractivity contribution in [3.63, 3.8) is 0 Å². The highest BCUT2D eigenvalue weighted by Crippen LogP contribution is 2.38. The molecule has 1 unspecified atom stereocenters. The summed E-state index contributed by atoms with van der Waals surface area (Å²) in [5.41, 5.74) is 1.13. The van der Waals surface area contributed by atoms with Gasteiger partial charge in [-0.15, -0.1) is 0 Å². The summed E-state index contributed by atoms with van der Waals surface area (Å²) < 4.78 is 51.7. The highest BCUT2D eigenvalue weighted by Gasteiger charge is 2.40. The van der Waals surface area contributed by atoms with E-state index in [1.54, 1.807) is 11.1 Å². The molecule has 43 heavy (non-hydrogen) atoms. The molecule has 4 N–H and O–H groups in total. The van der Waals surface area contributed by atoms with Crippen molar-refractivity contribution in [2.24, 2.45) is 11.8 Å². The van der Waals surface area contributed by atoms with Gasteiger partial charge in [0.05, 0.1) is 24.4 Å². The minimum atomic E-state index is -1.17. The van der Waals surface area contributed by atoms with Crippen LogP contribution in [0.3, 0.4) is 0 Å². The topological polar surface area (TPSA) is 112 Å². The summed E-state index contributed by atoms with van der Waals surface area (Å²) >= 11 is 0. The van der Waals surface area contributed by atoms with Crippen molar-refractivity contribution in [2.45, 2.75) is 37.7 Å². The zero-order chi connectivity index (χ0) is 30.3. The van der Waals surface area contributed by atoms with Gasteiger partial charge in [-0.05, 0) is 42.5 Å². The van der Waals surface area contributed by atoms with Crippen molar-refractivity contribution in [3.8, 4) is 11.3 Å². The van der Waals surface area contributed by atoms with E-state index in [0.29, 0.717) is 45.0 Å². The van der Waals surface area contributed by atoms with Crippen LogP contribution in [-0.4, -0.2) is 89.0 Å². The van der Waals surface area contributed by atoms with E-state index < -0.39 is 48.5 Å². The van der Waals surface area contributed by atoms with Crippen LogP contribution in [0.2, 0.25) is 0 Å². The van der Waals surface area contributed by atoms with Crippen LogP contribution in [0.25, 0.3) is 11.3 Å². The monoisotopic (exact) mass is 601 g/mol. The van der Waals surface area contributed by atoms with Gasteiger partial charge in [-0.3, -0.25) is 0 Å². The minimum absolute atomic E-state index is 0.00956. The van der Waals surface area contributed by atoms with E-state index in [9.17, 15) is 28.2 Å². The van der Waals surface area contributed by atoms with Gasteiger partial charge in [0.1, 0.15) is 23.6 Å². The van der Waals surface area contributed by atoms with Gasteiger partial charge >= 0.3 is 6.03 Å². The molecular weight excluding hydrogens is 563 g/mol. The molecule has 232 valence electrons. The third-order valence-corrected chi connectivity index (χ3v) is 8.17. The van der Waals surface area contributed by atoms with Crippen LogP contribution in [0.5, 0.6) is 0 Å². The van der Waals surface area contributed by atoms with Crippen LogP contribution in [0.1, 0.15) is 30.3 Å². The fraction of sp³-hybridized carbons (Fsp3) is 0.484. The van der Waals surface area contributed by atoms with Crippen molar-refractivity contribution < 1.29 is 32.9 Å². The molecule has 2 saturated heterocycles.